The Hall–Kier alpha value is -0.690. The number of anilines is 1. The molecular weight excluding hydrogens is 242 g/mol. The van der Waals surface area contributed by atoms with E-state index in [4.69, 9.17) is 11.6 Å². The van der Waals surface area contributed by atoms with E-state index in [9.17, 15) is 0 Å². The fraction of sp³-hybridized carbons (Fsp3) is 0.625. The van der Waals surface area contributed by atoms with Crippen molar-refractivity contribution in [2.24, 2.45) is 5.41 Å². The third-order valence-electron chi connectivity index (χ3n) is 4.06. The van der Waals surface area contributed by atoms with Crippen LogP contribution < -0.4 is 5.32 Å². The Morgan fingerprint density at radius 1 is 1.22 bits per heavy atom. The molecule has 100 valence electrons. The topological polar surface area (TPSA) is 12.0 Å². The van der Waals surface area contributed by atoms with Crippen LogP contribution in [-0.2, 0) is 0 Å². The highest BCUT2D eigenvalue weighted by Crippen LogP contribution is 2.35. The predicted molar refractivity (Wildman–Crippen MR) is 80.5 cm³/mol. The van der Waals surface area contributed by atoms with Crippen molar-refractivity contribution in [3.05, 3.63) is 28.8 Å². The standard InChI is InChI=1S/C16H24ClN/c1-12-6-7-15(14(17)11-12)18-13-5-4-9-16(2,3)10-8-13/h6-7,11,13,18H,4-5,8-10H2,1-3H3. The number of hydrogen-bond acceptors (Lipinski definition) is 1. The lowest BCUT2D eigenvalue weighted by Crippen LogP contribution is -2.19. The Morgan fingerprint density at radius 3 is 2.72 bits per heavy atom. The van der Waals surface area contributed by atoms with Gasteiger partial charge in [0.1, 0.15) is 0 Å². The number of nitrogens with one attached hydrogen (secondary N) is 1. The van der Waals surface area contributed by atoms with E-state index >= 15 is 0 Å². The molecule has 0 aliphatic heterocycles. The highest BCUT2D eigenvalue weighted by molar-refractivity contribution is 6.33. The fourth-order valence-electron chi connectivity index (χ4n) is 2.76. The molecule has 1 N–H and O–H groups in total. The first-order chi connectivity index (χ1) is 8.46. The molecule has 18 heavy (non-hydrogen) atoms. The van der Waals surface area contributed by atoms with Crippen LogP contribution in [0, 0.1) is 12.3 Å². The van der Waals surface area contributed by atoms with Gasteiger partial charge in [0.15, 0.2) is 0 Å². The molecule has 1 aliphatic carbocycles. The van der Waals surface area contributed by atoms with E-state index in [1.165, 1.54) is 37.7 Å². The summed E-state index contributed by atoms with van der Waals surface area (Å²) in [6.07, 6.45) is 6.46. The molecule has 1 nitrogen and oxygen atoms in total. The maximum Gasteiger partial charge on any atom is 0.0640 e. The van der Waals surface area contributed by atoms with E-state index in [0.717, 1.165) is 10.7 Å². The van der Waals surface area contributed by atoms with Gasteiger partial charge in [-0.1, -0.05) is 37.9 Å². The minimum atomic E-state index is 0.507. The Bertz CT molecular complexity index is 412. The van der Waals surface area contributed by atoms with E-state index in [0.29, 0.717) is 11.5 Å². The van der Waals surface area contributed by atoms with Crippen LogP contribution in [0.5, 0.6) is 0 Å². The van der Waals surface area contributed by atoms with Gasteiger partial charge in [0.2, 0.25) is 0 Å². The van der Waals surface area contributed by atoms with E-state index in [1.807, 2.05) is 6.07 Å². The number of rotatable bonds is 2. The van der Waals surface area contributed by atoms with Crippen LogP contribution >= 0.6 is 11.6 Å². The average Bonchev–Trinajstić information content (AvgIpc) is 2.44. The van der Waals surface area contributed by atoms with Gasteiger partial charge < -0.3 is 5.32 Å². The van der Waals surface area contributed by atoms with Gasteiger partial charge in [-0.15, -0.1) is 0 Å². The predicted octanol–water partition coefficient (Wildman–Crippen LogP) is 5.42. The highest BCUT2D eigenvalue weighted by Gasteiger charge is 2.24. The molecule has 1 atom stereocenters. The van der Waals surface area contributed by atoms with Crippen molar-refractivity contribution in [2.75, 3.05) is 5.32 Å². The minimum Gasteiger partial charge on any atom is -0.381 e. The van der Waals surface area contributed by atoms with Gasteiger partial charge in [0.25, 0.3) is 0 Å². The van der Waals surface area contributed by atoms with E-state index in [2.05, 4.69) is 38.2 Å². The average molecular weight is 266 g/mol. The molecule has 2 rings (SSSR count). The molecule has 0 heterocycles. The molecule has 1 aliphatic rings. The third kappa shape index (κ3) is 3.65. The van der Waals surface area contributed by atoms with Gasteiger partial charge in [-0.05, 0) is 55.7 Å². The molecule has 0 aromatic heterocycles. The van der Waals surface area contributed by atoms with Crippen LogP contribution in [0.1, 0.15) is 51.5 Å². The minimum absolute atomic E-state index is 0.507. The Labute approximate surface area is 116 Å². The summed E-state index contributed by atoms with van der Waals surface area (Å²) >= 11 is 6.28. The highest BCUT2D eigenvalue weighted by atomic mass is 35.5. The van der Waals surface area contributed by atoms with Crippen molar-refractivity contribution < 1.29 is 0 Å². The quantitative estimate of drug-likeness (QED) is 0.704. The Balaban J connectivity index is 2.01. The number of halogens is 1. The van der Waals surface area contributed by atoms with E-state index in [1.54, 1.807) is 0 Å². The van der Waals surface area contributed by atoms with Crippen molar-refractivity contribution in [1.82, 2.24) is 0 Å². The summed E-state index contributed by atoms with van der Waals surface area (Å²) in [4.78, 5) is 0. The second kappa shape index (κ2) is 5.52. The molecule has 0 spiro atoms. The molecule has 1 fully saturated rings. The monoisotopic (exact) mass is 265 g/mol. The molecule has 1 saturated carbocycles. The number of aryl methyl sites for hydroxylation is 1. The zero-order valence-electron chi connectivity index (χ0n) is 11.7. The summed E-state index contributed by atoms with van der Waals surface area (Å²) < 4.78 is 0. The molecular formula is C16H24ClN. The SMILES string of the molecule is Cc1ccc(NC2CCCC(C)(C)CC2)c(Cl)c1. The summed E-state index contributed by atoms with van der Waals surface area (Å²) in [5, 5.41) is 4.47. The molecule has 0 radical (unpaired) electrons. The lowest BCUT2D eigenvalue weighted by molar-refractivity contribution is 0.313. The lowest BCUT2D eigenvalue weighted by Gasteiger charge is -2.22. The van der Waals surface area contributed by atoms with Gasteiger partial charge in [0, 0.05) is 6.04 Å². The zero-order valence-corrected chi connectivity index (χ0v) is 12.5. The first-order valence-electron chi connectivity index (χ1n) is 6.99. The summed E-state index contributed by atoms with van der Waals surface area (Å²) in [7, 11) is 0. The van der Waals surface area contributed by atoms with Crippen LogP contribution in [0.25, 0.3) is 0 Å². The van der Waals surface area contributed by atoms with Crippen LogP contribution in [0.4, 0.5) is 5.69 Å². The zero-order chi connectivity index (χ0) is 13.2. The largest absolute Gasteiger partial charge is 0.381 e. The van der Waals surface area contributed by atoms with Crippen molar-refractivity contribution in [3.8, 4) is 0 Å². The van der Waals surface area contributed by atoms with Crippen molar-refractivity contribution in [2.45, 2.75) is 58.9 Å². The van der Waals surface area contributed by atoms with Gasteiger partial charge >= 0.3 is 0 Å². The Kier molecular flexibility index (Phi) is 4.21. The van der Waals surface area contributed by atoms with Crippen molar-refractivity contribution >= 4 is 17.3 Å². The lowest BCUT2D eigenvalue weighted by atomic mass is 9.85. The van der Waals surface area contributed by atoms with Gasteiger partial charge in [-0.2, -0.15) is 0 Å². The fourth-order valence-corrected chi connectivity index (χ4v) is 3.05. The Morgan fingerprint density at radius 2 is 2.00 bits per heavy atom. The van der Waals surface area contributed by atoms with Crippen LogP contribution in [0.15, 0.2) is 18.2 Å². The first-order valence-corrected chi connectivity index (χ1v) is 7.37. The van der Waals surface area contributed by atoms with Gasteiger partial charge in [0.05, 0.1) is 10.7 Å². The molecule has 0 amide bonds. The van der Waals surface area contributed by atoms with E-state index < -0.39 is 0 Å². The maximum absolute atomic E-state index is 6.28. The van der Waals surface area contributed by atoms with Crippen LogP contribution in [0.3, 0.4) is 0 Å². The molecule has 0 bridgehead atoms. The summed E-state index contributed by atoms with van der Waals surface area (Å²) in [5.74, 6) is 0. The summed E-state index contributed by atoms with van der Waals surface area (Å²) in [5.41, 5.74) is 2.81. The molecule has 1 aromatic carbocycles. The van der Waals surface area contributed by atoms with Crippen molar-refractivity contribution in [1.29, 1.82) is 0 Å². The normalized spacial score (nSPS) is 23.4. The molecule has 2 heteroatoms. The maximum atomic E-state index is 6.28. The van der Waals surface area contributed by atoms with Gasteiger partial charge in [-0.25, -0.2) is 0 Å². The smallest absolute Gasteiger partial charge is 0.0640 e. The third-order valence-corrected chi connectivity index (χ3v) is 4.37. The van der Waals surface area contributed by atoms with Crippen LogP contribution in [0.2, 0.25) is 5.02 Å². The second-order valence-electron chi connectivity index (χ2n) is 6.42. The molecule has 0 saturated heterocycles. The second-order valence-corrected chi connectivity index (χ2v) is 6.83. The molecule has 1 aromatic rings. The van der Waals surface area contributed by atoms with E-state index in [-0.39, 0.29) is 0 Å². The van der Waals surface area contributed by atoms with Gasteiger partial charge in [-0.3, -0.25) is 0 Å². The summed E-state index contributed by atoms with van der Waals surface area (Å²) in [6, 6.07) is 6.83. The van der Waals surface area contributed by atoms with Crippen molar-refractivity contribution in [3.63, 3.8) is 0 Å². The number of hydrogen-bond donors (Lipinski definition) is 1. The molecule has 1 unspecified atom stereocenters. The first kappa shape index (κ1) is 13.7. The van der Waals surface area contributed by atoms with Crippen LogP contribution in [-0.4, -0.2) is 6.04 Å². The summed E-state index contributed by atoms with van der Waals surface area (Å²) in [6.45, 7) is 6.84. The number of benzene rings is 1.